The minimum Gasteiger partial charge on any atom is -0.480 e. The van der Waals surface area contributed by atoms with Gasteiger partial charge in [0, 0.05) is 30.0 Å². The lowest BCUT2D eigenvalue weighted by molar-refractivity contribution is -0.140. The highest BCUT2D eigenvalue weighted by molar-refractivity contribution is 7.85. The standard InChI is InChI=1S/C11H22N2O4S/c1-4-13(5-2)6-7-18(17)8-10(11(15)16)12-9(3)14/h10H,4-8H2,1-3H3,(H,12,14)(H,15,16)/t10-,18?/m0/s1. The summed E-state index contributed by atoms with van der Waals surface area (Å²) in [4.78, 5) is 23.8. The Hall–Kier alpha value is -0.950. The third-order valence-corrected chi connectivity index (χ3v) is 3.90. The largest absolute Gasteiger partial charge is 0.480 e. The summed E-state index contributed by atoms with van der Waals surface area (Å²) in [6.07, 6.45) is 0. The van der Waals surface area contributed by atoms with E-state index in [1.807, 2.05) is 13.8 Å². The van der Waals surface area contributed by atoms with Crippen molar-refractivity contribution in [2.45, 2.75) is 26.8 Å². The van der Waals surface area contributed by atoms with Crippen LogP contribution in [0.3, 0.4) is 0 Å². The molecule has 0 bridgehead atoms. The molecule has 0 rings (SSSR count). The van der Waals surface area contributed by atoms with Crippen LogP contribution in [0.15, 0.2) is 0 Å². The van der Waals surface area contributed by atoms with Crippen LogP contribution in [0.4, 0.5) is 0 Å². The fourth-order valence-electron chi connectivity index (χ4n) is 1.46. The van der Waals surface area contributed by atoms with E-state index in [9.17, 15) is 13.8 Å². The molecule has 1 unspecified atom stereocenters. The maximum Gasteiger partial charge on any atom is 0.327 e. The third kappa shape index (κ3) is 7.39. The van der Waals surface area contributed by atoms with E-state index in [1.54, 1.807) is 0 Å². The lowest BCUT2D eigenvalue weighted by Gasteiger charge is -2.18. The van der Waals surface area contributed by atoms with Gasteiger partial charge >= 0.3 is 5.97 Å². The molecule has 0 aliphatic heterocycles. The van der Waals surface area contributed by atoms with Gasteiger partial charge in [-0.25, -0.2) is 4.79 Å². The number of carbonyl (C=O) groups excluding carboxylic acids is 1. The lowest BCUT2D eigenvalue weighted by atomic mass is 10.3. The fraction of sp³-hybridized carbons (Fsp3) is 0.818. The zero-order valence-corrected chi connectivity index (χ0v) is 12.0. The molecule has 0 radical (unpaired) electrons. The molecular weight excluding hydrogens is 256 g/mol. The molecule has 0 aliphatic carbocycles. The van der Waals surface area contributed by atoms with Gasteiger partial charge in [-0.1, -0.05) is 13.8 Å². The second kappa shape index (κ2) is 9.04. The monoisotopic (exact) mass is 278 g/mol. The quantitative estimate of drug-likeness (QED) is 0.603. The molecule has 0 aromatic rings. The van der Waals surface area contributed by atoms with Gasteiger partial charge in [0.25, 0.3) is 0 Å². The van der Waals surface area contributed by atoms with Crippen LogP contribution in [0.2, 0.25) is 0 Å². The van der Waals surface area contributed by atoms with E-state index in [0.29, 0.717) is 12.3 Å². The first-order chi connectivity index (χ1) is 8.40. The summed E-state index contributed by atoms with van der Waals surface area (Å²) in [5.74, 6) is -1.20. The molecule has 0 aromatic carbocycles. The van der Waals surface area contributed by atoms with Gasteiger partial charge in [0.1, 0.15) is 6.04 Å². The first-order valence-electron chi connectivity index (χ1n) is 5.97. The lowest BCUT2D eigenvalue weighted by Crippen LogP contribution is -2.44. The van der Waals surface area contributed by atoms with Gasteiger partial charge in [-0.2, -0.15) is 0 Å². The highest BCUT2D eigenvalue weighted by Gasteiger charge is 2.21. The summed E-state index contributed by atoms with van der Waals surface area (Å²) in [6, 6.07) is -1.07. The molecule has 1 amide bonds. The average Bonchev–Trinajstić information content (AvgIpc) is 2.28. The van der Waals surface area contributed by atoms with E-state index in [4.69, 9.17) is 5.11 Å². The number of carboxylic acids is 1. The van der Waals surface area contributed by atoms with E-state index in [1.165, 1.54) is 6.92 Å². The molecule has 106 valence electrons. The molecule has 0 aromatic heterocycles. The second-order valence-corrected chi connectivity index (χ2v) is 5.55. The Morgan fingerprint density at radius 2 is 1.89 bits per heavy atom. The van der Waals surface area contributed by atoms with E-state index < -0.39 is 28.7 Å². The number of carbonyl (C=O) groups is 2. The van der Waals surface area contributed by atoms with E-state index in [2.05, 4.69) is 10.2 Å². The minimum absolute atomic E-state index is 0.0455. The SMILES string of the molecule is CCN(CC)CCS(=O)C[C@H](NC(C)=O)C(=O)O. The van der Waals surface area contributed by atoms with Gasteiger partial charge in [-0.3, -0.25) is 9.00 Å². The fourth-order valence-corrected chi connectivity index (χ4v) is 2.69. The first-order valence-corrected chi connectivity index (χ1v) is 7.46. The predicted octanol–water partition coefficient (Wildman–Crippen LogP) is -0.334. The van der Waals surface area contributed by atoms with Crippen LogP contribution in [0.25, 0.3) is 0 Å². The molecule has 2 N–H and O–H groups in total. The number of aliphatic carboxylic acids is 1. The smallest absolute Gasteiger partial charge is 0.327 e. The Balaban J connectivity index is 4.17. The van der Waals surface area contributed by atoms with Crippen molar-refractivity contribution in [1.82, 2.24) is 10.2 Å². The molecule has 0 fully saturated rings. The van der Waals surface area contributed by atoms with Crippen LogP contribution >= 0.6 is 0 Å². The summed E-state index contributed by atoms with van der Waals surface area (Å²) in [6.45, 7) is 7.71. The number of amides is 1. The summed E-state index contributed by atoms with van der Waals surface area (Å²) in [7, 11) is -1.25. The van der Waals surface area contributed by atoms with Crippen molar-refractivity contribution in [3.63, 3.8) is 0 Å². The molecule has 18 heavy (non-hydrogen) atoms. The van der Waals surface area contributed by atoms with Gasteiger partial charge in [0.2, 0.25) is 5.91 Å². The van der Waals surface area contributed by atoms with Crippen LogP contribution in [0, 0.1) is 0 Å². The van der Waals surface area contributed by atoms with Gasteiger partial charge < -0.3 is 15.3 Å². The Kier molecular flexibility index (Phi) is 8.57. The van der Waals surface area contributed by atoms with Gasteiger partial charge in [0.15, 0.2) is 0 Å². The molecule has 0 heterocycles. The summed E-state index contributed by atoms with van der Waals surface area (Å²) < 4.78 is 11.7. The van der Waals surface area contributed by atoms with E-state index in [0.717, 1.165) is 13.1 Å². The van der Waals surface area contributed by atoms with Gasteiger partial charge in [0.05, 0.1) is 5.75 Å². The van der Waals surface area contributed by atoms with Crippen molar-refractivity contribution in [2.24, 2.45) is 0 Å². The van der Waals surface area contributed by atoms with Crippen molar-refractivity contribution >= 4 is 22.7 Å². The summed E-state index contributed by atoms with van der Waals surface area (Å²) in [5, 5.41) is 11.2. The number of carboxylic acid groups (broad SMARTS) is 1. The number of nitrogens with zero attached hydrogens (tertiary/aromatic N) is 1. The third-order valence-electron chi connectivity index (χ3n) is 2.56. The average molecular weight is 278 g/mol. The number of nitrogens with one attached hydrogen (secondary N) is 1. The van der Waals surface area contributed by atoms with Crippen LogP contribution in [0.1, 0.15) is 20.8 Å². The van der Waals surface area contributed by atoms with Crippen LogP contribution in [0.5, 0.6) is 0 Å². The van der Waals surface area contributed by atoms with Gasteiger partial charge in [-0.05, 0) is 13.1 Å². The van der Waals surface area contributed by atoms with Crippen molar-refractivity contribution in [2.75, 3.05) is 31.1 Å². The Bertz CT molecular complexity index is 305. The molecule has 0 saturated carbocycles. The molecule has 0 aliphatic rings. The number of hydrogen-bond acceptors (Lipinski definition) is 4. The molecule has 2 atom stereocenters. The van der Waals surface area contributed by atoms with Crippen LogP contribution < -0.4 is 5.32 Å². The van der Waals surface area contributed by atoms with Crippen molar-refractivity contribution < 1.29 is 18.9 Å². The van der Waals surface area contributed by atoms with Crippen LogP contribution in [-0.4, -0.2) is 63.3 Å². The molecule has 0 spiro atoms. The minimum atomic E-state index is -1.25. The molecule has 6 nitrogen and oxygen atoms in total. The highest BCUT2D eigenvalue weighted by atomic mass is 32.2. The Morgan fingerprint density at radius 1 is 1.33 bits per heavy atom. The number of rotatable bonds is 9. The van der Waals surface area contributed by atoms with Crippen molar-refractivity contribution in [1.29, 1.82) is 0 Å². The predicted molar refractivity (Wildman–Crippen MR) is 70.9 cm³/mol. The topological polar surface area (TPSA) is 86.7 Å². The molecular formula is C11H22N2O4S. The summed E-state index contributed by atoms with van der Waals surface area (Å²) in [5.41, 5.74) is 0. The maximum absolute atomic E-state index is 11.7. The second-order valence-electron chi connectivity index (χ2n) is 3.93. The Labute approximate surface area is 110 Å². The molecule has 0 saturated heterocycles. The molecule has 7 heteroatoms. The van der Waals surface area contributed by atoms with Gasteiger partial charge in [-0.15, -0.1) is 0 Å². The van der Waals surface area contributed by atoms with E-state index in [-0.39, 0.29) is 5.75 Å². The Morgan fingerprint density at radius 3 is 2.28 bits per heavy atom. The van der Waals surface area contributed by atoms with Crippen molar-refractivity contribution in [3.05, 3.63) is 0 Å². The van der Waals surface area contributed by atoms with E-state index >= 15 is 0 Å². The number of hydrogen-bond donors (Lipinski definition) is 2. The normalized spacial score (nSPS) is 14.2. The van der Waals surface area contributed by atoms with Crippen LogP contribution in [-0.2, 0) is 20.4 Å². The maximum atomic E-state index is 11.7. The highest BCUT2D eigenvalue weighted by Crippen LogP contribution is 1.94. The zero-order chi connectivity index (χ0) is 14.1. The first kappa shape index (κ1) is 17.1. The summed E-state index contributed by atoms with van der Waals surface area (Å²) >= 11 is 0. The van der Waals surface area contributed by atoms with Crippen molar-refractivity contribution in [3.8, 4) is 0 Å². The zero-order valence-electron chi connectivity index (χ0n) is 11.1.